The fourth-order valence-electron chi connectivity index (χ4n) is 3.80. The predicted molar refractivity (Wildman–Crippen MR) is 126 cm³/mol. The second kappa shape index (κ2) is 10.1. The van der Waals surface area contributed by atoms with Crippen molar-refractivity contribution in [3.8, 4) is 11.1 Å². The van der Waals surface area contributed by atoms with Gasteiger partial charge in [0.05, 0.1) is 0 Å². The van der Waals surface area contributed by atoms with E-state index in [1.807, 2.05) is 54.9 Å². The maximum absolute atomic E-state index is 12.4. The third-order valence-corrected chi connectivity index (χ3v) is 5.66. The summed E-state index contributed by atoms with van der Waals surface area (Å²) in [6.45, 7) is 3.59. The quantitative estimate of drug-likeness (QED) is 0.564. The van der Waals surface area contributed by atoms with Crippen LogP contribution in [-0.2, 0) is 0 Å². The maximum Gasteiger partial charge on any atom is 0.251 e. The molecule has 1 fully saturated rings. The molecule has 0 atom stereocenters. The van der Waals surface area contributed by atoms with Gasteiger partial charge >= 0.3 is 0 Å². The minimum absolute atomic E-state index is 0.0467. The van der Waals surface area contributed by atoms with E-state index >= 15 is 0 Å². The molecule has 6 nitrogen and oxygen atoms in total. The highest BCUT2D eigenvalue weighted by Crippen LogP contribution is 2.21. The highest BCUT2D eigenvalue weighted by molar-refractivity contribution is 5.94. The van der Waals surface area contributed by atoms with Crippen molar-refractivity contribution < 1.29 is 4.79 Å². The molecule has 31 heavy (non-hydrogen) atoms. The van der Waals surface area contributed by atoms with Gasteiger partial charge in [0.1, 0.15) is 0 Å². The summed E-state index contributed by atoms with van der Waals surface area (Å²) in [6, 6.07) is 17.9. The summed E-state index contributed by atoms with van der Waals surface area (Å²) in [5.41, 5.74) is 3.81. The lowest BCUT2D eigenvalue weighted by Gasteiger charge is -2.19. The van der Waals surface area contributed by atoms with Crippen LogP contribution in [0.3, 0.4) is 0 Å². The van der Waals surface area contributed by atoms with Crippen LogP contribution in [-0.4, -0.2) is 49.1 Å². The summed E-state index contributed by atoms with van der Waals surface area (Å²) >= 11 is 0. The topological polar surface area (TPSA) is 61.4 Å². The van der Waals surface area contributed by atoms with Crippen LogP contribution in [0.5, 0.6) is 0 Å². The monoisotopic (exact) mass is 415 g/mol. The molecule has 1 aliphatic rings. The number of nitrogens with zero attached hydrogens (tertiary/aromatic N) is 4. The molecule has 4 rings (SSSR count). The standard InChI is InChI=1S/C25H29N5O/c1-29(23-8-3-2-4-9-23)15-7-14-26-24(31)21-12-10-20(11-13-21)22-18-27-25(28-19-22)30-16-5-6-17-30/h2-4,8-13,18-19H,5-7,14-17H2,1H3,(H,26,31). The van der Waals surface area contributed by atoms with Gasteiger partial charge in [-0.1, -0.05) is 30.3 Å². The van der Waals surface area contributed by atoms with Gasteiger partial charge in [-0.15, -0.1) is 0 Å². The Morgan fingerprint density at radius 2 is 1.65 bits per heavy atom. The molecule has 1 aromatic heterocycles. The zero-order valence-electron chi connectivity index (χ0n) is 18.0. The average molecular weight is 416 g/mol. The van der Waals surface area contributed by atoms with Crippen molar-refractivity contribution in [1.82, 2.24) is 15.3 Å². The Balaban J connectivity index is 1.26. The first-order valence-electron chi connectivity index (χ1n) is 10.9. The lowest BCUT2D eigenvalue weighted by Crippen LogP contribution is -2.28. The van der Waals surface area contributed by atoms with E-state index in [2.05, 4.69) is 44.3 Å². The first-order chi connectivity index (χ1) is 15.2. The summed E-state index contributed by atoms with van der Waals surface area (Å²) in [5, 5.41) is 3.01. The van der Waals surface area contributed by atoms with Crippen LogP contribution in [0.1, 0.15) is 29.6 Å². The van der Waals surface area contributed by atoms with Gasteiger partial charge in [-0.2, -0.15) is 0 Å². The molecule has 1 amide bonds. The Morgan fingerprint density at radius 1 is 0.968 bits per heavy atom. The molecule has 0 unspecified atom stereocenters. The second-order valence-electron chi connectivity index (χ2n) is 7.91. The normalized spacial score (nSPS) is 13.3. The van der Waals surface area contributed by atoms with E-state index in [1.165, 1.54) is 18.5 Å². The van der Waals surface area contributed by atoms with Crippen LogP contribution in [0.15, 0.2) is 67.0 Å². The van der Waals surface area contributed by atoms with Gasteiger partial charge in [-0.05, 0) is 49.1 Å². The minimum atomic E-state index is -0.0467. The van der Waals surface area contributed by atoms with Gasteiger partial charge in [0, 0.05) is 62.4 Å². The molecule has 1 saturated heterocycles. The number of nitrogens with one attached hydrogen (secondary N) is 1. The fourth-order valence-corrected chi connectivity index (χ4v) is 3.80. The van der Waals surface area contributed by atoms with Crippen LogP contribution in [0, 0.1) is 0 Å². The molecular formula is C25H29N5O. The summed E-state index contributed by atoms with van der Waals surface area (Å²) in [5.74, 6) is 0.754. The number of para-hydroxylation sites is 1. The van der Waals surface area contributed by atoms with Crippen molar-refractivity contribution in [2.24, 2.45) is 0 Å². The first kappa shape index (κ1) is 20.8. The van der Waals surface area contributed by atoms with Crippen LogP contribution >= 0.6 is 0 Å². The summed E-state index contributed by atoms with van der Waals surface area (Å²) in [6.07, 6.45) is 7.02. The van der Waals surface area contributed by atoms with Crippen molar-refractivity contribution in [2.75, 3.05) is 43.0 Å². The SMILES string of the molecule is CN(CCCNC(=O)c1ccc(-c2cnc(N3CCCC3)nc2)cc1)c1ccccc1. The van der Waals surface area contributed by atoms with Crippen molar-refractivity contribution >= 4 is 17.5 Å². The zero-order chi connectivity index (χ0) is 21.5. The third kappa shape index (κ3) is 5.40. The number of aromatic nitrogens is 2. The number of hydrogen-bond donors (Lipinski definition) is 1. The largest absolute Gasteiger partial charge is 0.375 e. The van der Waals surface area contributed by atoms with Gasteiger partial charge in [-0.3, -0.25) is 4.79 Å². The molecule has 0 saturated carbocycles. The lowest BCUT2D eigenvalue weighted by atomic mass is 10.1. The van der Waals surface area contributed by atoms with Crippen molar-refractivity contribution in [1.29, 1.82) is 0 Å². The number of carbonyl (C=O) groups excluding carboxylic acids is 1. The molecule has 1 aliphatic heterocycles. The van der Waals surface area contributed by atoms with Crippen molar-refractivity contribution in [3.63, 3.8) is 0 Å². The molecule has 2 aromatic carbocycles. The van der Waals surface area contributed by atoms with E-state index in [0.717, 1.165) is 43.1 Å². The molecular weight excluding hydrogens is 386 g/mol. The number of benzene rings is 2. The van der Waals surface area contributed by atoms with Gasteiger partial charge in [0.2, 0.25) is 5.95 Å². The third-order valence-electron chi connectivity index (χ3n) is 5.66. The van der Waals surface area contributed by atoms with Gasteiger partial charge in [-0.25, -0.2) is 9.97 Å². The second-order valence-corrected chi connectivity index (χ2v) is 7.91. The Morgan fingerprint density at radius 3 is 2.32 bits per heavy atom. The average Bonchev–Trinajstić information content (AvgIpc) is 3.37. The maximum atomic E-state index is 12.4. The molecule has 0 spiro atoms. The lowest BCUT2D eigenvalue weighted by molar-refractivity contribution is 0.0953. The van der Waals surface area contributed by atoms with Crippen LogP contribution < -0.4 is 15.1 Å². The Bertz CT molecular complexity index is 967. The van der Waals surface area contributed by atoms with E-state index in [1.54, 1.807) is 0 Å². The molecule has 6 heteroatoms. The highest BCUT2D eigenvalue weighted by atomic mass is 16.1. The summed E-state index contributed by atoms with van der Waals surface area (Å²) in [7, 11) is 2.07. The van der Waals surface area contributed by atoms with E-state index in [9.17, 15) is 4.79 Å². The highest BCUT2D eigenvalue weighted by Gasteiger charge is 2.14. The summed E-state index contributed by atoms with van der Waals surface area (Å²) < 4.78 is 0. The van der Waals surface area contributed by atoms with Gasteiger partial charge < -0.3 is 15.1 Å². The van der Waals surface area contributed by atoms with Gasteiger partial charge in [0.15, 0.2) is 0 Å². The summed E-state index contributed by atoms with van der Waals surface area (Å²) in [4.78, 5) is 25.9. The first-order valence-corrected chi connectivity index (χ1v) is 10.9. The Labute approximate surface area is 183 Å². The number of rotatable bonds is 8. The smallest absolute Gasteiger partial charge is 0.251 e. The van der Waals surface area contributed by atoms with E-state index in [-0.39, 0.29) is 5.91 Å². The molecule has 2 heterocycles. The number of amides is 1. The van der Waals surface area contributed by atoms with Crippen LogP contribution in [0.4, 0.5) is 11.6 Å². The minimum Gasteiger partial charge on any atom is -0.375 e. The predicted octanol–water partition coefficient (Wildman–Crippen LogP) is 4.00. The molecule has 1 N–H and O–H groups in total. The fraction of sp³-hybridized carbons (Fsp3) is 0.320. The molecule has 0 bridgehead atoms. The van der Waals surface area contributed by atoms with Crippen molar-refractivity contribution in [3.05, 3.63) is 72.6 Å². The van der Waals surface area contributed by atoms with Crippen molar-refractivity contribution in [2.45, 2.75) is 19.3 Å². The molecule has 160 valence electrons. The van der Waals surface area contributed by atoms with Crippen LogP contribution in [0.25, 0.3) is 11.1 Å². The number of hydrogen-bond acceptors (Lipinski definition) is 5. The molecule has 3 aromatic rings. The molecule has 0 radical (unpaired) electrons. The number of anilines is 2. The zero-order valence-corrected chi connectivity index (χ0v) is 18.0. The van der Waals surface area contributed by atoms with Gasteiger partial charge in [0.25, 0.3) is 5.91 Å². The van der Waals surface area contributed by atoms with E-state index < -0.39 is 0 Å². The Kier molecular flexibility index (Phi) is 6.77. The van der Waals surface area contributed by atoms with E-state index in [4.69, 9.17) is 0 Å². The van der Waals surface area contributed by atoms with Crippen LogP contribution in [0.2, 0.25) is 0 Å². The van der Waals surface area contributed by atoms with E-state index in [0.29, 0.717) is 12.1 Å². The number of carbonyl (C=O) groups is 1. The molecule has 0 aliphatic carbocycles. The Hall–Kier alpha value is -3.41.